The van der Waals surface area contributed by atoms with Crippen LogP contribution in [0.2, 0.25) is 0 Å². The molecule has 1 fully saturated rings. The quantitative estimate of drug-likeness (QED) is 0.0443. The van der Waals surface area contributed by atoms with Gasteiger partial charge in [-0.15, -0.1) is 0 Å². The van der Waals surface area contributed by atoms with Crippen molar-refractivity contribution in [3.05, 3.63) is 116 Å². The monoisotopic (exact) mass is 938 g/mol. The number of unbranched alkanes of at least 4 members (excludes halogenated alkanes) is 2. The highest BCUT2D eigenvalue weighted by molar-refractivity contribution is 7.66. The van der Waals surface area contributed by atoms with Gasteiger partial charge in [0, 0.05) is 66.0 Å². The van der Waals surface area contributed by atoms with Crippen molar-refractivity contribution >= 4 is 41.3 Å². The van der Waals surface area contributed by atoms with E-state index in [-0.39, 0.29) is 53.5 Å². The van der Waals surface area contributed by atoms with E-state index < -0.39 is 83.1 Å². The average Bonchev–Trinajstić information content (AvgIpc) is 3.70. The van der Waals surface area contributed by atoms with E-state index in [1.54, 1.807) is 12.1 Å². The lowest BCUT2D eigenvalue weighted by Gasteiger charge is -2.36. The molecule has 1 aromatic heterocycles. The number of amides is 2. The number of hydrogen-bond donors (Lipinski definition) is 9. The predicted molar refractivity (Wildman–Crippen MR) is 210 cm³/mol. The van der Waals surface area contributed by atoms with Crippen molar-refractivity contribution < 1.29 is 85.2 Å². The summed E-state index contributed by atoms with van der Waals surface area (Å²) in [6.07, 6.45) is -0.386. The molecule has 0 saturated carbocycles. The number of nitrogens with zero attached hydrogens (tertiary/aromatic N) is 1. The van der Waals surface area contributed by atoms with Gasteiger partial charge in [-0.3, -0.25) is 28.5 Å². The van der Waals surface area contributed by atoms with Crippen molar-refractivity contribution in [2.75, 3.05) is 13.2 Å². The Morgan fingerprint density at radius 3 is 2.17 bits per heavy atom. The maximum absolute atomic E-state index is 13.4. The molecular formula is C36H37N4O20P3. The molecule has 0 bridgehead atoms. The number of phosphoric acid groups is 3. The molecule has 0 aliphatic carbocycles. The van der Waals surface area contributed by atoms with Gasteiger partial charge in [0.2, 0.25) is 5.91 Å². The Morgan fingerprint density at radius 1 is 0.841 bits per heavy atom. The average molecular weight is 939 g/mol. The molecule has 3 aliphatic heterocycles. The number of rotatable bonds is 16. The van der Waals surface area contributed by atoms with Gasteiger partial charge in [-0.05, 0) is 55.3 Å². The first-order valence-electron chi connectivity index (χ1n) is 18.7. The Hall–Kier alpha value is -5.48. The van der Waals surface area contributed by atoms with Crippen LogP contribution in [0.15, 0.2) is 76.4 Å². The van der Waals surface area contributed by atoms with Crippen molar-refractivity contribution in [1.29, 1.82) is 0 Å². The van der Waals surface area contributed by atoms with Crippen LogP contribution in [0.5, 0.6) is 23.0 Å². The number of ether oxygens (including phenoxy) is 3. The van der Waals surface area contributed by atoms with Crippen molar-refractivity contribution in [2.45, 2.75) is 56.1 Å². The lowest BCUT2D eigenvalue weighted by Crippen LogP contribution is -2.42. The molecule has 4 aromatic rings. The molecule has 0 radical (unpaired) electrons. The molecule has 3 aromatic carbocycles. The summed E-state index contributed by atoms with van der Waals surface area (Å²) in [7, 11) is -17.1. The molecule has 3 aliphatic rings. The number of phenolic OH excluding ortho intramolecular Hbond substituents is 2. The van der Waals surface area contributed by atoms with E-state index in [2.05, 4.69) is 19.3 Å². The summed E-state index contributed by atoms with van der Waals surface area (Å²) in [5, 5.41) is 25.8. The molecule has 2 unspecified atom stereocenters. The highest BCUT2D eigenvalue weighted by Crippen LogP contribution is 2.66. The third-order valence-electron chi connectivity index (χ3n) is 9.96. The van der Waals surface area contributed by atoms with Gasteiger partial charge >= 0.3 is 35.1 Å². The molecule has 27 heteroatoms. The predicted octanol–water partition coefficient (Wildman–Crippen LogP) is 2.62. The van der Waals surface area contributed by atoms with Crippen LogP contribution in [0.1, 0.15) is 75.7 Å². The number of aromatic nitrogens is 2. The summed E-state index contributed by atoms with van der Waals surface area (Å²) in [5.74, 6) is -1.56. The second-order valence-electron chi connectivity index (χ2n) is 14.3. The Labute approximate surface area is 353 Å². The molecule has 24 nitrogen and oxygen atoms in total. The second-order valence-corrected chi connectivity index (χ2v) is 18.7. The molecular weight excluding hydrogens is 901 g/mol. The van der Waals surface area contributed by atoms with Crippen molar-refractivity contribution in [2.24, 2.45) is 0 Å². The summed E-state index contributed by atoms with van der Waals surface area (Å²) in [5.41, 5.74) is -1.67. The molecule has 5 atom stereocenters. The minimum atomic E-state index is -5.83. The standard InChI is InChI=1S/C36H37N4O20P3/c41-20-6-9-23-27(15-20)56-28-16-21(42)7-10-24(28)36(23)25-14-19(5-8-22(25)34(46)58-36)33(45)37-12-3-1-2-4-30(43)38-26-17-32(40-13-11-31(44)39-35(40)47)57-29(26)18-55-62(51,52)60-63(53,54)59-61(48,49)50/h5-11,13-16,26,29,32,41-42H,1-4,12,17-18H2,(H,37,45)(H,38,43)(H,51,52)(H,53,54)(H,39,44,47)(H2,48,49,50)/t26-,29+,32+/m0/s1. The Bertz CT molecular complexity index is 2700. The highest BCUT2D eigenvalue weighted by Gasteiger charge is 2.54. The van der Waals surface area contributed by atoms with Crippen LogP contribution < -0.4 is 26.6 Å². The van der Waals surface area contributed by atoms with Crippen molar-refractivity contribution in [1.82, 2.24) is 20.2 Å². The number of fused-ring (bicyclic) bond motifs is 6. The first kappa shape index (κ1) is 45.5. The number of benzene rings is 3. The first-order valence-corrected chi connectivity index (χ1v) is 23.2. The lowest BCUT2D eigenvalue weighted by molar-refractivity contribution is -0.122. The molecule has 1 spiro atoms. The fourth-order valence-corrected chi connectivity index (χ4v) is 10.4. The van der Waals surface area contributed by atoms with Crippen molar-refractivity contribution in [3.63, 3.8) is 0 Å². The molecule has 336 valence electrons. The van der Waals surface area contributed by atoms with E-state index in [9.17, 15) is 57.7 Å². The second kappa shape index (κ2) is 17.6. The summed E-state index contributed by atoms with van der Waals surface area (Å²) < 4.78 is 65.9. The summed E-state index contributed by atoms with van der Waals surface area (Å²) in [6, 6.07) is 13.0. The van der Waals surface area contributed by atoms with Crippen LogP contribution in [0, 0.1) is 0 Å². The van der Waals surface area contributed by atoms with Gasteiger partial charge in [-0.1, -0.05) is 6.42 Å². The smallest absolute Gasteiger partial charge is 0.490 e. The summed E-state index contributed by atoms with van der Waals surface area (Å²) >= 11 is 0. The summed E-state index contributed by atoms with van der Waals surface area (Å²) in [6.45, 7) is -0.744. The number of esters is 1. The minimum absolute atomic E-state index is 0.0561. The van der Waals surface area contributed by atoms with Crippen LogP contribution in [0.3, 0.4) is 0 Å². The number of phosphoric ester groups is 1. The van der Waals surface area contributed by atoms with E-state index in [0.29, 0.717) is 36.0 Å². The normalized spacial score (nSPS) is 20.3. The molecule has 4 heterocycles. The topological polar surface area (TPSA) is 358 Å². The third-order valence-corrected chi connectivity index (χ3v) is 13.8. The van der Waals surface area contributed by atoms with Crippen molar-refractivity contribution in [3.8, 4) is 23.0 Å². The number of phenols is 2. The third kappa shape index (κ3) is 10.2. The Morgan fingerprint density at radius 2 is 1.52 bits per heavy atom. The van der Waals surface area contributed by atoms with Gasteiger partial charge in [0.1, 0.15) is 35.3 Å². The number of carbonyl (C=O) groups is 3. The molecule has 63 heavy (non-hydrogen) atoms. The molecule has 1 saturated heterocycles. The van der Waals surface area contributed by atoms with Crippen LogP contribution in [0.4, 0.5) is 0 Å². The molecule has 7 rings (SSSR count). The van der Waals surface area contributed by atoms with E-state index >= 15 is 0 Å². The van der Waals surface area contributed by atoms with E-state index in [4.69, 9.17) is 28.5 Å². The lowest BCUT2D eigenvalue weighted by atomic mass is 9.77. The fraction of sp³-hybridized carbons (Fsp3) is 0.306. The molecule has 9 N–H and O–H groups in total. The number of hydrogen-bond acceptors (Lipinski definition) is 16. The Kier molecular flexibility index (Phi) is 12.7. The van der Waals surface area contributed by atoms with E-state index in [1.807, 2.05) is 4.98 Å². The maximum atomic E-state index is 13.4. The zero-order valence-electron chi connectivity index (χ0n) is 32.2. The Balaban J connectivity index is 0.947. The van der Waals surface area contributed by atoms with Crippen LogP contribution >= 0.6 is 23.5 Å². The molecule has 2 amide bonds. The van der Waals surface area contributed by atoms with Gasteiger partial charge in [0.25, 0.3) is 11.5 Å². The van der Waals surface area contributed by atoms with Gasteiger partial charge in [0.15, 0.2) is 5.60 Å². The van der Waals surface area contributed by atoms with Gasteiger partial charge in [0.05, 0.1) is 18.2 Å². The van der Waals surface area contributed by atoms with Gasteiger partial charge in [-0.2, -0.15) is 8.62 Å². The first-order chi connectivity index (χ1) is 29.6. The van der Waals surface area contributed by atoms with Gasteiger partial charge < -0.3 is 54.6 Å². The number of H-pyrrole nitrogens is 1. The number of nitrogens with one attached hydrogen (secondary N) is 3. The van der Waals surface area contributed by atoms with Crippen LogP contribution in [0.25, 0.3) is 0 Å². The number of aromatic amines is 1. The number of carbonyl (C=O) groups excluding carboxylic acids is 3. The van der Waals surface area contributed by atoms with Crippen LogP contribution in [-0.4, -0.2) is 82.4 Å². The minimum Gasteiger partial charge on any atom is -0.508 e. The van der Waals surface area contributed by atoms with Crippen LogP contribution in [-0.2, 0) is 46.7 Å². The number of aromatic hydroxyl groups is 2. The van der Waals surface area contributed by atoms with Gasteiger partial charge in [-0.25, -0.2) is 23.3 Å². The SMILES string of the molecule is O=C(CCCCCNC(=O)c1ccc2c(c1)C1(OC2=O)c2ccc(O)cc2Oc2cc(O)ccc21)N[C@H]1C[C@H](n2ccc(=O)[nH]c2=O)O[C@@H]1COP(=O)(O)OP(=O)(O)OP(=O)(O)O. The highest BCUT2D eigenvalue weighted by atomic mass is 31.3. The summed E-state index contributed by atoms with van der Waals surface area (Å²) in [4.78, 5) is 103. The fourth-order valence-electron chi connectivity index (χ4n) is 7.34. The largest absolute Gasteiger partial charge is 0.508 e. The zero-order chi connectivity index (χ0) is 45.5. The maximum Gasteiger partial charge on any atom is 0.490 e. The van der Waals surface area contributed by atoms with E-state index in [1.165, 1.54) is 42.5 Å². The van der Waals surface area contributed by atoms with E-state index in [0.717, 1.165) is 16.8 Å². The zero-order valence-corrected chi connectivity index (χ0v) is 34.9.